The van der Waals surface area contributed by atoms with Gasteiger partial charge in [0.05, 0.1) is 0 Å². The van der Waals surface area contributed by atoms with Crippen molar-refractivity contribution in [3.8, 4) is 0 Å². The molecular formula is C21H37N2. The lowest BCUT2D eigenvalue weighted by atomic mass is 9.94. The highest BCUT2D eigenvalue weighted by molar-refractivity contribution is 5.25. The highest BCUT2D eigenvalue weighted by Gasteiger charge is 2.24. The average Bonchev–Trinajstić information content (AvgIpc) is 3.33. The normalized spacial score (nSPS) is 20.8. The van der Waals surface area contributed by atoms with Gasteiger partial charge in [-0.15, -0.1) is 0 Å². The Kier molecular flexibility index (Phi) is 9.50. The zero-order chi connectivity index (χ0) is 17.2. The predicted octanol–water partition coefficient (Wildman–Crippen LogP) is 4.57. The van der Waals surface area contributed by atoms with Crippen LogP contribution in [0.25, 0.3) is 0 Å². The summed E-state index contributed by atoms with van der Waals surface area (Å²) in [6.45, 7) is 14.8. The third kappa shape index (κ3) is 7.99. The number of hydrogen-bond acceptors (Lipinski definition) is 2. The number of nitrogens with zero attached hydrogens (tertiary/aromatic N) is 2. The molecule has 2 rings (SSSR count). The van der Waals surface area contributed by atoms with Crippen LogP contribution in [-0.2, 0) is 0 Å². The number of allylic oxidation sites excluding steroid dienone is 4. The lowest BCUT2D eigenvalue weighted by molar-refractivity contribution is 0.225. The third-order valence-corrected chi connectivity index (χ3v) is 4.46. The van der Waals surface area contributed by atoms with Crippen LogP contribution in [0.15, 0.2) is 35.5 Å². The quantitative estimate of drug-likeness (QED) is 0.575. The van der Waals surface area contributed by atoms with Gasteiger partial charge in [0.1, 0.15) is 0 Å². The largest absolute Gasteiger partial charge is 0.306 e. The van der Waals surface area contributed by atoms with Gasteiger partial charge in [0.2, 0.25) is 0 Å². The Morgan fingerprint density at radius 3 is 2.43 bits per heavy atom. The van der Waals surface area contributed by atoms with Gasteiger partial charge in [-0.1, -0.05) is 56.2 Å². The summed E-state index contributed by atoms with van der Waals surface area (Å²) >= 11 is 0. The first-order chi connectivity index (χ1) is 11.1. The smallest absolute Gasteiger partial charge is 0.00566 e. The summed E-state index contributed by atoms with van der Waals surface area (Å²) in [4.78, 5) is 4.95. The SMILES string of the molecule is CC.[CH2]CCN(C)CC(CN(C)CC1C=CC=C(C)C1)C1=CC1. The molecule has 0 saturated carbocycles. The lowest BCUT2D eigenvalue weighted by Crippen LogP contribution is -2.36. The molecule has 0 aromatic heterocycles. The van der Waals surface area contributed by atoms with E-state index in [0.717, 1.165) is 13.0 Å². The van der Waals surface area contributed by atoms with E-state index in [4.69, 9.17) is 0 Å². The Labute approximate surface area is 144 Å². The molecule has 0 N–H and O–H groups in total. The molecule has 2 aliphatic rings. The van der Waals surface area contributed by atoms with E-state index in [1.165, 1.54) is 38.0 Å². The second kappa shape index (κ2) is 10.8. The Morgan fingerprint density at radius 2 is 1.87 bits per heavy atom. The van der Waals surface area contributed by atoms with Crippen LogP contribution in [0, 0.1) is 18.8 Å². The molecule has 0 aromatic carbocycles. The monoisotopic (exact) mass is 317 g/mol. The maximum Gasteiger partial charge on any atom is 0.00566 e. The van der Waals surface area contributed by atoms with E-state index in [-0.39, 0.29) is 0 Å². The van der Waals surface area contributed by atoms with Gasteiger partial charge in [-0.2, -0.15) is 0 Å². The summed E-state index contributed by atoms with van der Waals surface area (Å²) in [7, 11) is 4.50. The van der Waals surface area contributed by atoms with Crippen LogP contribution in [0.5, 0.6) is 0 Å². The fourth-order valence-corrected chi connectivity index (χ4v) is 3.33. The zero-order valence-corrected chi connectivity index (χ0v) is 16.0. The van der Waals surface area contributed by atoms with Crippen molar-refractivity contribution in [1.29, 1.82) is 0 Å². The molecule has 0 heterocycles. The van der Waals surface area contributed by atoms with Crippen LogP contribution in [-0.4, -0.2) is 50.1 Å². The molecule has 0 amide bonds. The van der Waals surface area contributed by atoms with Crippen LogP contribution < -0.4 is 0 Å². The fourth-order valence-electron chi connectivity index (χ4n) is 3.33. The van der Waals surface area contributed by atoms with Gasteiger partial charge in [0.25, 0.3) is 0 Å². The number of rotatable bonds is 9. The molecular weight excluding hydrogens is 280 g/mol. The molecule has 2 aliphatic carbocycles. The van der Waals surface area contributed by atoms with Crippen molar-refractivity contribution in [3.63, 3.8) is 0 Å². The molecule has 0 spiro atoms. The van der Waals surface area contributed by atoms with Crippen molar-refractivity contribution in [2.75, 3.05) is 40.3 Å². The second-order valence-electron chi connectivity index (χ2n) is 6.88. The van der Waals surface area contributed by atoms with Gasteiger partial charge in [-0.05, 0) is 52.7 Å². The Bertz CT molecular complexity index is 420. The van der Waals surface area contributed by atoms with Crippen LogP contribution in [0.1, 0.15) is 40.0 Å². The van der Waals surface area contributed by atoms with Gasteiger partial charge >= 0.3 is 0 Å². The summed E-state index contributed by atoms with van der Waals surface area (Å²) in [5.74, 6) is 1.39. The maximum absolute atomic E-state index is 3.96. The van der Waals surface area contributed by atoms with Crippen LogP contribution in [0.4, 0.5) is 0 Å². The molecule has 131 valence electrons. The van der Waals surface area contributed by atoms with Gasteiger partial charge in [-0.3, -0.25) is 0 Å². The summed E-state index contributed by atoms with van der Waals surface area (Å²) in [5.41, 5.74) is 3.17. The minimum Gasteiger partial charge on any atom is -0.306 e. The van der Waals surface area contributed by atoms with Crippen LogP contribution in [0.2, 0.25) is 0 Å². The first kappa shape index (κ1) is 20.2. The van der Waals surface area contributed by atoms with Gasteiger partial charge in [-0.25, -0.2) is 0 Å². The number of hydrogen-bond donors (Lipinski definition) is 0. The second-order valence-corrected chi connectivity index (χ2v) is 6.88. The molecule has 23 heavy (non-hydrogen) atoms. The standard InChI is InChI=1S/C19H31N2.C2H6/c1-5-11-20(3)14-19(18-9-10-18)15-21(4)13-17-8-6-7-16(2)12-17;1-2/h6-9,17,19H,1,5,10-15H2,2-4H3;1-2H3. The Hall–Kier alpha value is -0.860. The van der Waals surface area contributed by atoms with Gasteiger partial charge in [0, 0.05) is 25.6 Å². The summed E-state index contributed by atoms with van der Waals surface area (Å²) in [6, 6.07) is 0. The van der Waals surface area contributed by atoms with Crippen molar-refractivity contribution in [1.82, 2.24) is 9.80 Å². The molecule has 2 atom stereocenters. The topological polar surface area (TPSA) is 6.48 Å². The minimum absolute atomic E-state index is 0.686. The predicted molar refractivity (Wildman–Crippen MR) is 104 cm³/mol. The van der Waals surface area contributed by atoms with Crippen LogP contribution in [0.3, 0.4) is 0 Å². The van der Waals surface area contributed by atoms with E-state index in [9.17, 15) is 0 Å². The molecule has 2 nitrogen and oxygen atoms in total. The molecule has 0 bridgehead atoms. The first-order valence-corrected chi connectivity index (χ1v) is 9.27. The summed E-state index contributed by atoms with van der Waals surface area (Å²) in [5, 5.41) is 0. The third-order valence-electron chi connectivity index (χ3n) is 4.46. The van der Waals surface area contributed by atoms with E-state index < -0.39 is 0 Å². The minimum atomic E-state index is 0.686. The van der Waals surface area contributed by atoms with Gasteiger partial charge < -0.3 is 9.80 Å². The molecule has 2 heteroatoms. The van der Waals surface area contributed by atoms with Crippen molar-refractivity contribution in [2.45, 2.75) is 40.0 Å². The Morgan fingerprint density at radius 1 is 1.22 bits per heavy atom. The van der Waals surface area contributed by atoms with Crippen molar-refractivity contribution in [2.24, 2.45) is 11.8 Å². The molecule has 0 aliphatic heterocycles. The van der Waals surface area contributed by atoms with E-state index in [1.807, 2.05) is 13.8 Å². The highest BCUT2D eigenvalue weighted by Crippen LogP contribution is 2.29. The van der Waals surface area contributed by atoms with E-state index in [0.29, 0.717) is 11.8 Å². The molecule has 0 fully saturated rings. The average molecular weight is 318 g/mol. The van der Waals surface area contributed by atoms with Crippen molar-refractivity contribution >= 4 is 0 Å². The first-order valence-electron chi connectivity index (χ1n) is 9.27. The van der Waals surface area contributed by atoms with E-state index >= 15 is 0 Å². The molecule has 0 aromatic rings. The Balaban J connectivity index is 0.00000127. The van der Waals surface area contributed by atoms with Crippen LogP contribution >= 0.6 is 0 Å². The summed E-state index contributed by atoms with van der Waals surface area (Å²) < 4.78 is 0. The van der Waals surface area contributed by atoms with Crippen molar-refractivity contribution < 1.29 is 0 Å². The lowest BCUT2D eigenvalue weighted by Gasteiger charge is -2.29. The molecule has 2 unspecified atom stereocenters. The molecule has 0 saturated heterocycles. The van der Waals surface area contributed by atoms with Gasteiger partial charge in [0.15, 0.2) is 0 Å². The van der Waals surface area contributed by atoms with Crippen molar-refractivity contribution in [3.05, 3.63) is 42.4 Å². The van der Waals surface area contributed by atoms with E-state index in [1.54, 1.807) is 5.57 Å². The zero-order valence-electron chi connectivity index (χ0n) is 16.0. The molecule has 1 radical (unpaired) electrons. The highest BCUT2D eigenvalue weighted by atomic mass is 15.1. The van der Waals surface area contributed by atoms with E-state index in [2.05, 4.69) is 62.0 Å². The summed E-state index contributed by atoms with van der Waals surface area (Å²) in [6.07, 6.45) is 12.7. The maximum atomic E-state index is 3.96. The fraction of sp³-hybridized carbons (Fsp3) is 0.667.